The van der Waals surface area contributed by atoms with Crippen LogP contribution in [0.3, 0.4) is 0 Å². The maximum absolute atomic E-state index is 12.4. The topological polar surface area (TPSA) is 45.1 Å². The Morgan fingerprint density at radius 2 is 2.00 bits per heavy atom. The summed E-state index contributed by atoms with van der Waals surface area (Å²) in [5.41, 5.74) is 2.16. The van der Waals surface area contributed by atoms with Gasteiger partial charge >= 0.3 is 0 Å². The third-order valence-electron chi connectivity index (χ3n) is 3.56. The molecule has 0 saturated carbocycles. The van der Waals surface area contributed by atoms with Crippen LogP contribution in [0.2, 0.25) is 0 Å². The van der Waals surface area contributed by atoms with Crippen molar-refractivity contribution in [2.24, 2.45) is 0 Å². The first-order chi connectivity index (χ1) is 9.10. The quantitative estimate of drug-likeness (QED) is 0.846. The van der Waals surface area contributed by atoms with Crippen LogP contribution in [-0.4, -0.2) is 4.57 Å². The number of pyridine rings is 1. The lowest BCUT2D eigenvalue weighted by molar-refractivity contribution is -0.267. The fraction of sp³-hybridized carbons (Fsp3) is 0.438. The van der Waals surface area contributed by atoms with Crippen LogP contribution >= 0.6 is 0 Å². The molecule has 1 aromatic heterocycles. The molecule has 0 spiro atoms. The lowest BCUT2D eigenvalue weighted by atomic mass is 10.0. The normalized spacial score (nSPS) is 11.1. The summed E-state index contributed by atoms with van der Waals surface area (Å²) in [5.74, 6) is -0.0850. The van der Waals surface area contributed by atoms with E-state index in [0.29, 0.717) is 23.9 Å². The van der Waals surface area contributed by atoms with Gasteiger partial charge in [-0.05, 0) is 43.7 Å². The molecule has 0 N–H and O–H groups in total. The molecule has 0 aliphatic carbocycles. The molecule has 0 aliphatic rings. The standard InChI is InChI=1S/C16H21NO2/c1-4-6-7-13-15(18)12-9-8-11(3)10-14(12)17(5-2)16(13)19/h8-10,18H,4-7H2,1-3H3/p-1. The molecule has 0 atom stereocenters. The van der Waals surface area contributed by atoms with Gasteiger partial charge in [-0.2, -0.15) is 0 Å². The molecular formula is C16H20NO2-. The summed E-state index contributed by atoms with van der Waals surface area (Å²) in [4.78, 5) is 12.4. The summed E-state index contributed by atoms with van der Waals surface area (Å²) in [6, 6.07) is 5.69. The van der Waals surface area contributed by atoms with E-state index in [1.165, 1.54) is 0 Å². The molecule has 3 heteroatoms. The first-order valence-corrected chi connectivity index (χ1v) is 6.93. The summed E-state index contributed by atoms with van der Waals surface area (Å²) in [5, 5.41) is 13.1. The molecule has 0 aliphatic heterocycles. The van der Waals surface area contributed by atoms with Gasteiger partial charge in [0.05, 0.1) is 5.52 Å². The van der Waals surface area contributed by atoms with E-state index in [1.807, 2.05) is 32.0 Å². The van der Waals surface area contributed by atoms with Crippen molar-refractivity contribution in [3.8, 4) is 5.75 Å². The van der Waals surface area contributed by atoms with Crippen molar-refractivity contribution in [2.45, 2.75) is 46.6 Å². The molecule has 2 aromatic rings. The van der Waals surface area contributed by atoms with E-state index in [-0.39, 0.29) is 11.3 Å². The van der Waals surface area contributed by atoms with Gasteiger partial charge in [0.2, 0.25) is 0 Å². The van der Waals surface area contributed by atoms with E-state index in [9.17, 15) is 9.90 Å². The molecule has 19 heavy (non-hydrogen) atoms. The average molecular weight is 258 g/mol. The Kier molecular flexibility index (Phi) is 3.93. The Labute approximate surface area is 113 Å². The Morgan fingerprint density at radius 1 is 1.26 bits per heavy atom. The van der Waals surface area contributed by atoms with Crippen LogP contribution in [0.25, 0.3) is 10.9 Å². The molecule has 0 bridgehead atoms. The van der Waals surface area contributed by atoms with Crippen LogP contribution in [-0.2, 0) is 13.0 Å². The number of benzene rings is 1. The fourth-order valence-electron chi connectivity index (χ4n) is 2.48. The van der Waals surface area contributed by atoms with Crippen LogP contribution in [0.15, 0.2) is 23.0 Å². The minimum atomic E-state index is -0.112. The first-order valence-electron chi connectivity index (χ1n) is 6.93. The third-order valence-corrected chi connectivity index (χ3v) is 3.56. The van der Waals surface area contributed by atoms with E-state index in [4.69, 9.17) is 0 Å². The summed E-state index contributed by atoms with van der Waals surface area (Å²) in [7, 11) is 0. The Bertz CT molecular complexity index is 656. The number of aryl methyl sites for hydroxylation is 2. The number of rotatable bonds is 4. The number of aromatic nitrogens is 1. The third kappa shape index (κ3) is 2.37. The van der Waals surface area contributed by atoms with Crippen molar-refractivity contribution in [3.63, 3.8) is 0 Å². The second kappa shape index (κ2) is 5.47. The zero-order valence-electron chi connectivity index (χ0n) is 11.8. The van der Waals surface area contributed by atoms with Crippen molar-refractivity contribution < 1.29 is 5.11 Å². The van der Waals surface area contributed by atoms with Gasteiger partial charge < -0.3 is 9.67 Å². The maximum atomic E-state index is 12.4. The van der Waals surface area contributed by atoms with Crippen molar-refractivity contribution in [1.82, 2.24) is 4.57 Å². The van der Waals surface area contributed by atoms with Crippen molar-refractivity contribution >= 4 is 10.9 Å². The van der Waals surface area contributed by atoms with Crippen LogP contribution in [0.1, 0.15) is 37.8 Å². The van der Waals surface area contributed by atoms with Crippen molar-refractivity contribution in [2.75, 3.05) is 0 Å². The summed E-state index contributed by atoms with van der Waals surface area (Å²) in [6.07, 6.45) is 2.44. The van der Waals surface area contributed by atoms with Crippen molar-refractivity contribution in [3.05, 3.63) is 39.7 Å². The predicted octanol–water partition coefficient (Wildman–Crippen LogP) is 2.75. The van der Waals surface area contributed by atoms with E-state index < -0.39 is 0 Å². The van der Waals surface area contributed by atoms with Crippen LogP contribution in [0.4, 0.5) is 0 Å². The lowest BCUT2D eigenvalue weighted by Gasteiger charge is -2.20. The van der Waals surface area contributed by atoms with Crippen LogP contribution in [0, 0.1) is 6.92 Å². The number of hydrogen-bond acceptors (Lipinski definition) is 2. The number of hydrogen-bond donors (Lipinski definition) is 0. The molecular weight excluding hydrogens is 238 g/mol. The first kappa shape index (κ1) is 13.7. The lowest BCUT2D eigenvalue weighted by Crippen LogP contribution is -2.25. The molecule has 102 valence electrons. The highest BCUT2D eigenvalue weighted by molar-refractivity contribution is 5.86. The van der Waals surface area contributed by atoms with Crippen LogP contribution < -0.4 is 10.7 Å². The average Bonchev–Trinajstić information content (AvgIpc) is 2.39. The van der Waals surface area contributed by atoms with Gasteiger partial charge in [-0.15, -0.1) is 0 Å². The number of unbranched alkanes of at least 4 members (excludes halogenated alkanes) is 1. The monoisotopic (exact) mass is 258 g/mol. The SMILES string of the molecule is CCCCc1c([O-])c2ccc(C)cc2n(CC)c1=O. The molecule has 0 radical (unpaired) electrons. The van der Waals surface area contributed by atoms with Gasteiger partial charge in [0.15, 0.2) is 0 Å². The highest BCUT2D eigenvalue weighted by Crippen LogP contribution is 2.25. The van der Waals surface area contributed by atoms with E-state index in [1.54, 1.807) is 4.57 Å². The van der Waals surface area contributed by atoms with Gasteiger partial charge in [0.25, 0.3) is 5.56 Å². The van der Waals surface area contributed by atoms with Gasteiger partial charge in [-0.1, -0.05) is 31.2 Å². The van der Waals surface area contributed by atoms with Crippen LogP contribution in [0.5, 0.6) is 5.75 Å². The maximum Gasteiger partial charge on any atom is 0.253 e. The van der Waals surface area contributed by atoms with Gasteiger partial charge in [-0.25, -0.2) is 0 Å². The summed E-state index contributed by atoms with van der Waals surface area (Å²) < 4.78 is 1.72. The summed E-state index contributed by atoms with van der Waals surface area (Å²) in [6.45, 7) is 6.57. The molecule has 0 fully saturated rings. The molecule has 0 unspecified atom stereocenters. The number of nitrogens with zero attached hydrogens (tertiary/aromatic N) is 1. The molecule has 1 aromatic carbocycles. The second-order valence-electron chi connectivity index (χ2n) is 4.98. The zero-order chi connectivity index (χ0) is 14.0. The predicted molar refractivity (Wildman–Crippen MR) is 76.7 cm³/mol. The Morgan fingerprint density at radius 3 is 2.63 bits per heavy atom. The van der Waals surface area contributed by atoms with Gasteiger partial charge in [0.1, 0.15) is 0 Å². The Balaban J connectivity index is 2.78. The minimum absolute atomic E-state index is 0.0850. The minimum Gasteiger partial charge on any atom is -0.872 e. The molecule has 0 saturated heterocycles. The highest BCUT2D eigenvalue weighted by atomic mass is 16.3. The zero-order valence-corrected chi connectivity index (χ0v) is 11.8. The molecule has 1 heterocycles. The second-order valence-corrected chi connectivity index (χ2v) is 4.98. The van der Waals surface area contributed by atoms with E-state index >= 15 is 0 Å². The molecule has 3 nitrogen and oxygen atoms in total. The van der Waals surface area contributed by atoms with Gasteiger partial charge in [0, 0.05) is 12.1 Å². The number of fused-ring (bicyclic) bond motifs is 1. The largest absolute Gasteiger partial charge is 0.872 e. The van der Waals surface area contributed by atoms with Crippen molar-refractivity contribution in [1.29, 1.82) is 0 Å². The van der Waals surface area contributed by atoms with E-state index in [0.717, 1.165) is 23.9 Å². The smallest absolute Gasteiger partial charge is 0.253 e. The van der Waals surface area contributed by atoms with Gasteiger partial charge in [-0.3, -0.25) is 4.79 Å². The molecule has 2 rings (SSSR count). The highest BCUT2D eigenvalue weighted by Gasteiger charge is 2.10. The fourth-order valence-corrected chi connectivity index (χ4v) is 2.48. The molecule has 0 amide bonds. The van der Waals surface area contributed by atoms with E-state index in [2.05, 4.69) is 6.92 Å². The Hall–Kier alpha value is -1.77. The summed E-state index contributed by atoms with van der Waals surface area (Å²) >= 11 is 0.